The molecule has 0 fully saturated rings. The highest BCUT2D eigenvalue weighted by molar-refractivity contribution is 5.89. The number of rotatable bonds is 7. The summed E-state index contributed by atoms with van der Waals surface area (Å²) in [5.41, 5.74) is 1.17. The number of hydrogen-bond acceptors (Lipinski definition) is 3. The van der Waals surface area contributed by atoms with Gasteiger partial charge in [-0.05, 0) is 25.0 Å². The Hall–Kier alpha value is -1.39. The van der Waals surface area contributed by atoms with Crippen molar-refractivity contribution < 1.29 is 14.6 Å². The van der Waals surface area contributed by atoms with Crippen LogP contribution in [0.15, 0.2) is 24.3 Å². The van der Waals surface area contributed by atoms with Gasteiger partial charge in [0.2, 0.25) is 0 Å². The fourth-order valence-corrected chi connectivity index (χ4v) is 1.56. The maximum atomic E-state index is 11.0. The second-order valence-corrected chi connectivity index (χ2v) is 4.03. The topological polar surface area (TPSA) is 58.6 Å². The van der Waals surface area contributed by atoms with Gasteiger partial charge in [0.15, 0.2) is 0 Å². The fourth-order valence-electron chi connectivity index (χ4n) is 1.56. The zero-order chi connectivity index (χ0) is 12.7. The predicted octanol–water partition coefficient (Wildman–Crippen LogP) is 1.90. The average molecular weight is 237 g/mol. The molecule has 0 spiro atoms. The number of methoxy groups -OCH3 is 1. The third-order valence-electron chi connectivity index (χ3n) is 2.64. The number of ether oxygens (including phenoxy) is 1. The summed E-state index contributed by atoms with van der Waals surface area (Å²) >= 11 is 0. The minimum atomic E-state index is -0.882. The molecule has 0 saturated carbocycles. The van der Waals surface area contributed by atoms with Gasteiger partial charge in [-0.3, -0.25) is 0 Å². The Labute approximate surface area is 102 Å². The molecule has 94 valence electrons. The molecule has 0 aliphatic rings. The molecule has 0 saturated heterocycles. The molecular formula is C13H19NO3. The zero-order valence-corrected chi connectivity index (χ0v) is 10.3. The minimum absolute atomic E-state index is 0.303. The summed E-state index contributed by atoms with van der Waals surface area (Å²) in [4.78, 5) is 11.0. The quantitative estimate of drug-likeness (QED) is 0.760. The van der Waals surface area contributed by atoms with E-state index in [1.165, 1.54) is 0 Å². The Kier molecular flexibility index (Phi) is 5.66. The Morgan fingerprint density at radius 3 is 2.82 bits per heavy atom. The van der Waals surface area contributed by atoms with Crippen LogP contribution in [-0.2, 0) is 11.3 Å². The van der Waals surface area contributed by atoms with Gasteiger partial charge in [0.05, 0.1) is 5.56 Å². The van der Waals surface area contributed by atoms with E-state index in [-0.39, 0.29) is 0 Å². The van der Waals surface area contributed by atoms with Gasteiger partial charge < -0.3 is 15.2 Å². The molecule has 17 heavy (non-hydrogen) atoms. The monoisotopic (exact) mass is 237 g/mol. The van der Waals surface area contributed by atoms with Crippen LogP contribution in [-0.4, -0.2) is 30.8 Å². The molecule has 0 aliphatic carbocycles. The van der Waals surface area contributed by atoms with Crippen LogP contribution in [0.3, 0.4) is 0 Å². The number of carbonyl (C=O) groups is 1. The summed E-state index contributed by atoms with van der Waals surface area (Å²) in [5, 5.41) is 12.3. The lowest BCUT2D eigenvalue weighted by Crippen LogP contribution is -2.27. The third-order valence-corrected chi connectivity index (χ3v) is 2.64. The lowest BCUT2D eigenvalue weighted by molar-refractivity contribution is 0.0695. The number of nitrogens with one attached hydrogen (secondary N) is 1. The van der Waals surface area contributed by atoms with Crippen molar-refractivity contribution in [1.82, 2.24) is 5.32 Å². The van der Waals surface area contributed by atoms with Crippen LogP contribution in [0.5, 0.6) is 0 Å². The first-order valence-electron chi connectivity index (χ1n) is 5.68. The molecule has 1 rings (SSSR count). The third kappa shape index (κ3) is 4.54. The van der Waals surface area contributed by atoms with Crippen molar-refractivity contribution in [2.75, 3.05) is 13.7 Å². The second-order valence-electron chi connectivity index (χ2n) is 4.03. The molecule has 4 nitrogen and oxygen atoms in total. The van der Waals surface area contributed by atoms with Crippen LogP contribution in [0.25, 0.3) is 0 Å². The van der Waals surface area contributed by atoms with Gasteiger partial charge in [-0.1, -0.05) is 18.2 Å². The van der Waals surface area contributed by atoms with Gasteiger partial charge in [0, 0.05) is 26.3 Å². The molecule has 0 heterocycles. The highest BCUT2D eigenvalue weighted by Gasteiger charge is 2.09. The minimum Gasteiger partial charge on any atom is -0.478 e. The zero-order valence-electron chi connectivity index (χ0n) is 10.3. The molecule has 0 bridgehead atoms. The standard InChI is InChI=1S/C13H19NO3/c1-10(7-8-17-2)14-9-11-5-3-4-6-12(11)13(15)16/h3-6,10,14H,7-9H2,1-2H3,(H,15,16). The van der Waals surface area contributed by atoms with Crippen molar-refractivity contribution >= 4 is 5.97 Å². The van der Waals surface area contributed by atoms with E-state index in [0.717, 1.165) is 12.0 Å². The number of carboxylic acids is 1. The van der Waals surface area contributed by atoms with Crippen LogP contribution in [0.1, 0.15) is 29.3 Å². The van der Waals surface area contributed by atoms with E-state index >= 15 is 0 Å². The molecule has 1 aromatic carbocycles. The maximum Gasteiger partial charge on any atom is 0.336 e. The smallest absolute Gasteiger partial charge is 0.336 e. The molecule has 0 aromatic heterocycles. The number of carboxylic acid groups (broad SMARTS) is 1. The van der Waals surface area contributed by atoms with Crippen LogP contribution in [0.4, 0.5) is 0 Å². The van der Waals surface area contributed by atoms with E-state index in [2.05, 4.69) is 12.2 Å². The molecule has 1 aromatic rings. The average Bonchev–Trinajstić information content (AvgIpc) is 2.34. The van der Waals surface area contributed by atoms with Crippen molar-refractivity contribution in [1.29, 1.82) is 0 Å². The van der Waals surface area contributed by atoms with E-state index in [9.17, 15) is 4.79 Å². The molecule has 4 heteroatoms. The first-order chi connectivity index (χ1) is 8.15. The first-order valence-corrected chi connectivity index (χ1v) is 5.68. The molecule has 0 radical (unpaired) electrons. The van der Waals surface area contributed by atoms with Gasteiger partial charge in [-0.25, -0.2) is 4.79 Å². The van der Waals surface area contributed by atoms with Crippen LogP contribution in [0, 0.1) is 0 Å². The largest absolute Gasteiger partial charge is 0.478 e. The summed E-state index contributed by atoms with van der Waals surface area (Å²) in [6.45, 7) is 3.32. The Morgan fingerprint density at radius 1 is 1.47 bits per heavy atom. The van der Waals surface area contributed by atoms with Gasteiger partial charge in [0.1, 0.15) is 0 Å². The Morgan fingerprint density at radius 2 is 2.18 bits per heavy atom. The number of benzene rings is 1. The molecular weight excluding hydrogens is 218 g/mol. The summed E-state index contributed by atoms with van der Waals surface area (Å²) in [7, 11) is 1.67. The lowest BCUT2D eigenvalue weighted by atomic mass is 10.1. The van der Waals surface area contributed by atoms with Crippen LogP contribution >= 0.6 is 0 Å². The van der Waals surface area contributed by atoms with Crippen LogP contribution in [0.2, 0.25) is 0 Å². The van der Waals surface area contributed by atoms with Crippen molar-refractivity contribution in [2.45, 2.75) is 25.9 Å². The number of hydrogen-bond donors (Lipinski definition) is 2. The van der Waals surface area contributed by atoms with Gasteiger partial charge in [-0.15, -0.1) is 0 Å². The van der Waals surface area contributed by atoms with Crippen molar-refractivity contribution in [3.8, 4) is 0 Å². The van der Waals surface area contributed by atoms with Gasteiger partial charge in [-0.2, -0.15) is 0 Å². The summed E-state index contributed by atoms with van der Waals surface area (Å²) in [5.74, 6) is -0.882. The fraction of sp³-hybridized carbons (Fsp3) is 0.462. The van der Waals surface area contributed by atoms with Crippen molar-refractivity contribution in [3.63, 3.8) is 0 Å². The van der Waals surface area contributed by atoms with E-state index < -0.39 is 5.97 Å². The molecule has 0 amide bonds. The number of aromatic carboxylic acids is 1. The SMILES string of the molecule is COCCC(C)NCc1ccccc1C(=O)O. The predicted molar refractivity (Wildman–Crippen MR) is 66.2 cm³/mol. The normalized spacial score (nSPS) is 12.4. The van der Waals surface area contributed by atoms with Gasteiger partial charge in [0.25, 0.3) is 0 Å². The summed E-state index contributed by atoms with van der Waals surface area (Å²) < 4.78 is 4.99. The van der Waals surface area contributed by atoms with E-state index in [1.54, 1.807) is 19.2 Å². The Bertz CT molecular complexity index is 365. The van der Waals surface area contributed by atoms with Crippen LogP contribution < -0.4 is 5.32 Å². The highest BCUT2D eigenvalue weighted by atomic mass is 16.5. The van der Waals surface area contributed by atoms with Crippen molar-refractivity contribution in [2.24, 2.45) is 0 Å². The molecule has 0 aliphatic heterocycles. The summed E-state index contributed by atoms with van der Waals surface area (Å²) in [6.07, 6.45) is 0.908. The highest BCUT2D eigenvalue weighted by Crippen LogP contribution is 2.09. The molecule has 1 unspecified atom stereocenters. The Balaban J connectivity index is 2.54. The second kappa shape index (κ2) is 7.04. The molecule has 2 N–H and O–H groups in total. The first kappa shape index (κ1) is 13.7. The summed E-state index contributed by atoms with van der Waals surface area (Å²) in [6, 6.07) is 7.35. The van der Waals surface area contributed by atoms with E-state index in [1.807, 2.05) is 12.1 Å². The molecule has 1 atom stereocenters. The van der Waals surface area contributed by atoms with Gasteiger partial charge >= 0.3 is 5.97 Å². The lowest BCUT2D eigenvalue weighted by Gasteiger charge is -2.14. The van der Waals surface area contributed by atoms with E-state index in [0.29, 0.717) is 24.8 Å². The maximum absolute atomic E-state index is 11.0. The van der Waals surface area contributed by atoms with E-state index in [4.69, 9.17) is 9.84 Å². The van der Waals surface area contributed by atoms with Crippen molar-refractivity contribution in [3.05, 3.63) is 35.4 Å².